The normalized spacial score (nSPS) is 13.1. The number of furan rings is 1. The summed E-state index contributed by atoms with van der Waals surface area (Å²) in [4.78, 5) is 35.2. The maximum Gasteiger partial charge on any atom is 0.235 e. The van der Waals surface area contributed by atoms with E-state index in [0.717, 1.165) is 128 Å². The van der Waals surface area contributed by atoms with Gasteiger partial charge in [0.15, 0.2) is 23.3 Å². The molecule has 0 radical (unpaired) electrons. The minimum atomic E-state index is -0.184. The van der Waals surface area contributed by atoms with Gasteiger partial charge in [-0.25, -0.2) is 34.9 Å². The first-order chi connectivity index (χ1) is 65.7. The molecule has 1 unspecified atom stereocenters. The fourth-order valence-electron chi connectivity index (χ4n) is 19.5. The molecule has 26 rings (SSSR count). The third-order valence-corrected chi connectivity index (χ3v) is 26.0. The Bertz CT molecular complexity index is 8370. The number of nitrogens with one attached hydrogen (secondary N) is 1. The second kappa shape index (κ2) is 33.2. The third kappa shape index (κ3) is 14.3. The molecule has 0 amide bonds. The molecular formula is C121H83N11O. The Labute approximate surface area is 767 Å². The molecule has 628 valence electrons. The molecule has 24 aromatic rings. The molecule has 12 nitrogen and oxygen atoms in total. The van der Waals surface area contributed by atoms with Crippen LogP contribution in [-0.4, -0.2) is 48.6 Å². The first kappa shape index (κ1) is 78.8. The van der Waals surface area contributed by atoms with Gasteiger partial charge in [-0.3, -0.25) is 4.57 Å². The monoisotopic (exact) mass is 1710 g/mol. The van der Waals surface area contributed by atoms with Crippen molar-refractivity contribution in [2.45, 2.75) is 25.4 Å². The summed E-state index contributed by atoms with van der Waals surface area (Å²) in [7, 11) is 0. The Balaban J connectivity index is 0.000000110. The zero-order chi connectivity index (χ0) is 88.5. The fourth-order valence-corrected chi connectivity index (χ4v) is 19.5. The summed E-state index contributed by atoms with van der Waals surface area (Å²) in [5, 5.41) is 13.2. The summed E-state index contributed by atoms with van der Waals surface area (Å²) in [6, 6.07) is 152. The van der Waals surface area contributed by atoms with Crippen molar-refractivity contribution < 1.29 is 4.42 Å². The standard InChI is InChI=1S/C43H31N3.C40H27N3.C38H25N5O/c1-43(2)36-19-11-9-17-32(36)34-25-35-33-18-10-12-20-40(33)46(41(35)26-37(34)43)31-23-21-30(22-24-31)42-44-38(28-13-5-3-6-14-28)27-39(45-42)29-15-7-4-8-16-29;1-3-11-28(12-4-1)30-19-23-32(24-20-30)36-27-37(33-25-21-31(22-26-33)29-13-5-2-6-14-29)42-40(41-36)43-38-17-9-7-15-34(38)35-16-8-10-18-39(35)43;1-3-12-24(13-4-1)36-40-37(25-14-5-2-6-15-25)42-38(41-36)29-18-11-21-33(39-29)43-30-19-9-7-17-28(30)34-31(43)23-22-27-26-16-8-10-20-32(26)44-35(27)34/h3-27H,1-2H3;1-27H;1-23,33,39H. The summed E-state index contributed by atoms with van der Waals surface area (Å²) in [6.07, 6.45) is 6.08. The van der Waals surface area contributed by atoms with Crippen LogP contribution in [0.5, 0.6) is 0 Å². The van der Waals surface area contributed by atoms with Gasteiger partial charge in [-0.05, 0) is 148 Å². The second-order valence-electron chi connectivity index (χ2n) is 34.3. The highest BCUT2D eigenvalue weighted by Crippen LogP contribution is 2.52. The summed E-state index contributed by atoms with van der Waals surface area (Å²) >= 11 is 0. The quantitative estimate of drug-likeness (QED) is 0.120. The lowest BCUT2D eigenvalue weighted by Gasteiger charge is -2.24. The Morgan fingerprint density at radius 3 is 1.22 bits per heavy atom. The highest BCUT2D eigenvalue weighted by atomic mass is 16.3. The van der Waals surface area contributed by atoms with E-state index in [0.29, 0.717) is 29.2 Å². The smallest absolute Gasteiger partial charge is 0.235 e. The second-order valence-corrected chi connectivity index (χ2v) is 34.3. The molecule has 133 heavy (non-hydrogen) atoms. The molecule has 8 heterocycles. The van der Waals surface area contributed by atoms with Gasteiger partial charge in [0.05, 0.1) is 67.0 Å². The average Bonchev–Trinajstić information content (AvgIpc) is 1.56. The van der Waals surface area contributed by atoms with Crippen LogP contribution in [-0.2, 0) is 5.41 Å². The van der Waals surface area contributed by atoms with Crippen LogP contribution in [0.1, 0.15) is 37.0 Å². The average molecular weight is 1710 g/mol. The molecule has 1 aliphatic carbocycles. The lowest BCUT2D eigenvalue weighted by atomic mass is 9.82. The van der Waals surface area contributed by atoms with Gasteiger partial charge in [-0.1, -0.05) is 366 Å². The predicted molar refractivity (Wildman–Crippen MR) is 545 cm³/mol. The zero-order valence-electron chi connectivity index (χ0n) is 72.8. The molecule has 2 aliphatic rings. The molecule has 1 N–H and O–H groups in total. The van der Waals surface area contributed by atoms with Crippen LogP contribution in [0, 0.1) is 0 Å². The number of hydrogen-bond donors (Lipinski definition) is 1. The van der Waals surface area contributed by atoms with Crippen LogP contribution < -0.4 is 5.32 Å². The van der Waals surface area contributed by atoms with Crippen LogP contribution in [0.15, 0.2) is 459 Å². The van der Waals surface area contributed by atoms with E-state index >= 15 is 0 Å². The number of aromatic nitrogens is 10. The highest BCUT2D eigenvalue weighted by Gasteiger charge is 2.37. The summed E-state index contributed by atoms with van der Waals surface area (Å²) < 4.78 is 13.4. The van der Waals surface area contributed by atoms with E-state index in [1.54, 1.807) is 0 Å². The Hall–Kier alpha value is -17.6. The Morgan fingerprint density at radius 2 is 0.669 bits per heavy atom. The predicted octanol–water partition coefficient (Wildman–Crippen LogP) is 30.0. The van der Waals surface area contributed by atoms with Crippen molar-refractivity contribution in [1.82, 2.24) is 53.9 Å². The van der Waals surface area contributed by atoms with Crippen LogP contribution in [0.3, 0.4) is 0 Å². The molecule has 0 fully saturated rings. The van der Waals surface area contributed by atoms with Crippen molar-refractivity contribution in [1.29, 1.82) is 0 Å². The van der Waals surface area contributed by atoms with Gasteiger partial charge in [0, 0.05) is 87.8 Å². The number of hydrogen-bond acceptors (Lipinski definition) is 9. The Morgan fingerprint density at radius 1 is 0.271 bits per heavy atom. The molecule has 0 bridgehead atoms. The van der Waals surface area contributed by atoms with Crippen molar-refractivity contribution in [3.8, 4) is 124 Å². The lowest BCUT2D eigenvalue weighted by molar-refractivity contribution is 0.586. The van der Waals surface area contributed by atoms with Gasteiger partial charge in [0.25, 0.3) is 0 Å². The first-order valence-corrected chi connectivity index (χ1v) is 45.0. The summed E-state index contributed by atoms with van der Waals surface area (Å²) in [5.41, 5.74) is 31.4. The van der Waals surface area contributed by atoms with Crippen LogP contribution in [0.25, 0.3) is 217 Å². The number of dihydropyridines is 1. The molecule has 1 aliphatic heterocycles. The summed E-state index contributed by atoms with van der Waals surface area (Å²) in [6.45, 7) is 4.69. The number of nitrogens with zero attached hydrogens (tertiary/aromatic N) is 10. The van der Waals surface area contributed by atoms with Gasteiger partial charge in [0.1, 0.15) is 17.3 Å². The minimum Gasteiger partial charge on any atom is -0.455 e. The van der Waals surface area contributed by atoms with Gasteiger partial charge in [0.2, 0.25) is 5.95 Å². The number of rotatable bonds is 13. The van der Waals surface area contributed by atoms with Gasteiger partial charge >= 0.3 is 0 Å². The molecule has 17 aromatic carbocycles. The minimum absolute atomic E-state index is 0.0666. The van der Waals surface area contributed by atoms with Gasteiger partial charge < -0.3 is 18.9 Å². The summed E-state index contributed by atoms with van der Waals surface area (Å²) in [5.74, 6) is 3.22. The van der Waals surface area contributed by atoms with E-state index in [9.17, 15) is 0 Å². The zero-order valence-corrected chi connectivity index (χ0v) is 72.8. The third-order valence-electron chi connectivity index (χ3n) is 26.0. The highest BCUT2D eigenvalue weighted by molar-refractivity contribution is 6.23. The van der Waals surface area contributed by atoms with E-state index in [2.05, 4.69) is 385 Å². The van der Waals surface area contributed by atoms with Crippen molar-refractivity contribution in [3.05, 3.63) is 472 Å². The SMILES string of the molecule is C1=CC(n2c3ccccc3c3c4oc5ccccc5c4ccc32)NC(c2nc(-c3ccccc3)nc(-c3ccccc3)n2)=C1.CC1(C)c2ccccc2-c2cc3c4ccccc4n(-c4ccc(-c5nc(-c6ccccc6)cc(-c6ccccc6)n5)cc4)c3cc21.c1ccc(-c2ccc(-c3cc(-c4ccc(-c5ccccc5)cc4)nc(-n4c5ccccc5c5ccccc54)n3)cc2)cc1. The molecule has 0 saturated carbocycles. The van der Waals surface area contributed by atoms with Crippen molar-refractivity contribution >= 4 is 93.1 Å². The van der Waals surface area contributed by atoms with Crippen molar-refractivity contribution in [3.63, 3.8) is 0 Å². The van der Waals surface area contributed by atoms with Crippen molar-refractivity contribution in [2.75, 3.05) is 0 Å². The van der Waals surface area contributed by atoms with E-state index in [1.807, 2.05) is 103 Å². The maximum absolute atomic E-state index is 6.49. The molecule has 0 saturated heterocycles. The number of benzene rings is 17. The van der Waals surface area contributed by atoms with Gasteiger partial charge in [-0.2, -0.15) is 0 Å². The van der Waals surface area contributed by atoms with E-state index in [1.165, 1.54) is 77.1 Å². The maximum atomic E-state index is 6.49. The number of fused-ring (bicyclic) bond motifs is 16. The Kier molecular flexibility index (Phi) is 19.7. The molecule has 1 atom stereocenters. The van der Waals surface area contributed by atoms with E-state index < -0.39 is 0 Å². The largest absolute Gasteiger partial charge is 0.455 e. The van der Waals surface area contributed by atoms with Gasteiger partial charge in [-0.15, -0.1) is 0 Å². The molecule has 0 spiro atoms. The molecule has 12 heteroatoms. The van der Waals surface area contributed by atoms with Crippen LogP contribution >= 0.6 is 0 Å². The topological polar surface area (TPSA) is 130 Å². The van der Waals surface area contributed by atoms with E-state index in [-0.39, 0.29) is 11.6 Å². The lowest BCUT2D eigenvalue weighted by Crippen LogP contribution is -2.26. The number of allylic oxidation sites excluding steroid dienone is 2. The number of para-hydroxylation sites is 5. The fraction of sp³-hybridized carbons (Fsp3) is 0.0331. The molecule has 7 aromatic heterocycles. The van der Waals surface area contributed by atoms with Crippen LogP contribution in [0.4, 0.5) is 0 Å². The van der Waals surface area contributed by atoms with Crippen molar-refractivity contribution in [2.24, 2.45) is 0 Å². The van der Waals surface area contributed by atoms with E-state index in [4.69, 9.17) is 39.3 Å². The molecular weight excluding hydrogens is 1620 g/mol. The van der Waals surface area contributed by atoms with Crippen LogP contribution in [0.2, 0.25) is 0 Å². The first-order valence-electron chi connectivity index (χ1n) is 45.0.